The summed E-state index contributed by atoms with van der Waals surface area (Å²) in [5.74, 6) is -0.192. The normalized spacial score (nSPS) is 12.1. The monoisotopic (exact) mass is 571 g/mol. The maximum Gasteiger partial charge on any atom is 0.280 e. The number of halogens is 2. The zero-order chi connectivity index (χ0) is 28.1. The van der Waals surface area contributed by atoms with E-state index in [0.717, 1.165) is 6.07 Å². The lowest BCUT2D eigenvalue weighted by Crippen LogP contribution is -2.20. The maximum absolute atomic E-state index is 13.6. The van der Waals surface area contributed by atoms with Crippen LogP contribution in [0.4, 0.5) is 8.78 Å². The largest absolute Gasteiger partial charge is 0.493 e. The molecule has 1 aromatic carbocycles. The van der Waals surface area contributed by atoms with Crippen molar-refractivity contribution in [3.05, 3.63) is 64.2 Å². The molecule has 0 aliphatic rings. The fourth-order valence-electron chi connectivity index (χ4n) is 3.53. The van der Waals surface area contributed by atoms with Gasteiger partial charge in [0, 0.05) is 23.6 Å². The van der Waals surface area contributed by atoms with E-state index in [4.69, 9.17) is 9.47 Å². The molecule has 0 radical (unpaired) electrons. The van der Waals surface area contributed by atoms with Crippen LogP contribution in [0.2, 0.25) is 0 Å². The van der Waals surface area contributed by atoms with Crippen LogP contribution in [0.5, 0.6) is 11.5 Å². The summed E-state index contributed by atoms with van der Waals surface area (Å²) in [6.07, 6.45) is -1.95. The molecule has 2 heterocycles. The Morgan fingerprint density at radius 2 is 1.66 bits per heavy atom. The van der Waals surface area contributed by atoms with Gasteiger partial charge in [0.05, 0.1) is 38.0 Å². The quantitative estimate of drug-likeness (QED) is 0.301. The van der Waals surface area contributed by atoms with Gasteiger partial charge in [-0.05, 0) is 36.2 Å². The van der Waals surface area contributed by atoms with Gasteiger partial charge in [0.25, 0.3) is 12.0 Å². The first-order valence-electron chi connectivity index (χ1n) is 11.4. The van der Waals surface area contributed by atoms with E-state index in [1.54, 1.807) is 18.2 Å². The summed E-state index contributed by atoms with van der Waals surface area (Å²) in [6.45, 7) is 1.53. The van der Waals surface area contributed by atoms with Crippen LogP contribution in [0.3, 0.4) is 0 Å². The molecule has 38 heavy (non-hydrogen) atoms. The minimum Gasteiger partial charge on any atom is -0.493 e. The number of pyridine rings is 1. The first-order valence-corrected chi connectivity index (χ1v) is 14.9. The Hall–Kier alpha value is -3.39. The Kier molecular flexibility index (Phi) is 9.20. The van der Waals surface area contributed by atoms with E-state index in [1.807, 2.05) is 0 Å². The van der Waals surface area contributed by atoms with Crippen LogP contribution < -0.4 is 15.0 Å². The van der Waals surface area contributed by atoms with Gasteiger partial charge in [-0.2, -0.15) is 0 Å². The van der Waals surface area contributed by atoms with Crippen LogP contribution in [0.15, 0.2) is 52.5 Å². The van der Waals surface area contributed by atoms with Gasteiger partial charge in [0.15, 0.2) is 11.5 Å². The van der Waals surface area contributed by atoms with E-state index in [1.165, 1.54) is 44.0 Å². The lowest BCUT2D eigenvalue weighted by molar-refractivity contribution is 0.145. The van der Waals surface area contributed by atoms with E-state index in [9.17, 15) is 30.4 Å². The second-order valence-electron chi connectivity index (χ2n) is 8.24. The van der Waals surface area contributed by atoms with E-state index >= 15 is 0 Å². The van der Waals surface area contributed by atoms with Gasteiger partial charge >= 0.3 is 0 Å². The van der Waals surface area contributed by atoms with Crippen LogP contribution in [-0.4, -0.2) is 62.8 Å². The third-order valence-corrected chi connectivity index (χ3v) is 8.97. The van der Waals surface area contributed by atoms with Crippen molar-refractivity contribution in [1.29, 1.82) is 0 Å². The summed E-state index contributed by atoms with van der Waals surface area (Å²) in [6, 6.07) is 8.58. The van der Waals surface area contributed by atoms with Gasteiger partial charge in [-0.1, -0.05) is 13.0 Å². The molecular weight excluding hydrogens is 544 g/mol. The second-order valence-corrected chi connectivity index (χ2v) is 12.7. The van der Waals surface area contributed by atoms with Gasteiger partial charge in [0.1, 0.15) is 15.5 Å². The Morgan fingerprint density at radius 1 is 0.947 bits per heavy atom. The summed E-state index contributed by atoms with van der Waals surface area (Å²) < 4.78 is 88.0. The van der Waals surface area contributed by atoms with Crippen LogP contribution in [-0.2, 0) is 26.2 Å². The Morgan fingerprint density at radius 3 is 2.29 bits per heavy atom. The number of alkyl halides is 2. The topological polar surface area (TPSA) is 135 Å². The average Bonchev–Trinajstić information content (AvgIpc) is 2.89. The van der Waals surface area contributed by atoms with Crippen LogP contribution >= 0.6 is 0 Å². The van der Waals surface area contributed by atoms with E-state index in [2.05, 4.69) is 9.97 Å². The van der Waals surface area contributed by atoms with Crippen molar-refractivity contribution in [2.75, 3.05) is 31.5 Å². The van der Waals surface area contributed by atoms with Gasteiger partial charge in [-0.15, -0.1) is 0 Å². The maximum atomic E-state index is 13.6. The van der Waals surface area contributed by atoms with Crippen LogP contribution in [0.1, 0.15) is 31.0 Å². The average molecular weight is 572 g/mol. The molecular formula is C24H27F2N3O7S2. The summed E-state index contributed by atoms with van der Waals surface area (Å²) in [7, 11) is -4.73. The van der Waals surface area contributed by atoms with Crippen molar-refractivity contribution in [2.24, 2.45) is 0 Å². The number of nitrogens with zero attached hydrogens (tertiary/aromatic N) is 3. The lowest BCUT2D eigenvalue weighted by Gasteiger charge is -2.13. The Balaban J connectivity index is 1.98. The van der Waals surface area contributed by atoms with Crippen molar-refractivity contribution in [3.8, 4) is 22.8 Å². The molecule has 0 atom stereocenters. The molecule has 0 aliphatic carbocycles. The van der Waals surface area contributed by atoms with Gasteiger partial charge in [0.2, 0.25) is 15.0 Å². The summed E-state index contributed by atoms with van der Waals surface area (Å²) in [4.78, 5) is 20.0. The molecule has 0 spiro atoms. The molecule has 0 N–H and O–H groups in total. The fraction of sp³-hybridized carbons (Fsp3) is 0.375. The molecule has 0 saturated carbocycles. The molecule has 0 saturated heterocycles. The van der Waals surface area contributed by atoms with Gasteiger partial charge in [-0.25, -0.2) is 35.6 Å². The highest BCUT2D eigenvalue weighted by atomic mass is 32.2. The number of hydrogen-bond donors (Lipinski definition) is 0. The van der Waals surface area contributed by atoms with E-state index in [-0.39, 0.29) is 35.7 Å². The molecule has 0 unspecified atom stereocenters. The SMILES string of the molecule is CCS(=O)(=O)CCCS(=O)(=O)c1nc(-c2ccc(=O)n(Cc3ccc(OC)c(OC)c3)c2)cc(C(F)F)n1. The predicted octanol–water partition coefficient (Wildman–Crippen LogP) is 2.91. The number of hydrogen-bond acceptors (Lipinski definition) is 9. The summed E-state index contributed by atoms with van der Waals surface area (Å²) >= 11 is 0. The van der Waals surface area contributed by atoms with Crippen LogP contribution in [0.25, 0.3) is 11.3 Å². The zero-order valence-electron chi connectivity index (χ0n) is 20.9. The summed E-state index contributed by atoms with van der Waals surface area (Å²) in [5.41, 5.74) is -0.442. The molecule has 2 aromatic heterocycles. The fourth-order valence-corrected chi connectivity index (χ4v) is 5.77. The molecule has 0 bridgehead atoms. The van der Waals surface area contributed by atoms with Crippen molar-refractivity contribution in [1.82, 2.24) is 14.5 Å². The van der Waals surface area contributed by atoms with Crippen molar-refractivity contribution in [2.45, 2.75) is 31.5 Å². The number of sulfone groups is 2. The molecule has 206 valence electrons. The standard InChI is InChI=1S/C24H27F2N3O7S2/c1-4-37(31,32)10-5-11-38(33,34)24-27-18(13-19(28-24)23(25)26)17-7-9-22(30)29(15-17)14-16-6-8-20(35-2)21(12-16)36-3/h6-9,12-13,15,23H,4-5,10-11,14H2,1-3H3. The molecule has 0 aliphatic heterocycles. The van der Waals surface area contributed by atoms with Crippen molar-refractivity contribution >= 4 is 19.7 Å². The molecule has 3 aromatic rings. The van der Waals surface area contributed by atoms with Crippen LogP contribution in [0, 0.1) is 0 Å². The number of methoxy groups -OCH3 is 2. The predicted molar refractivity (Wildman–Crippen MR) is 136 cm³/mol. The number of ether oxygens (including phenoxy) is 2. The third kappa shape index (κ3) is 7.13. The van der Waals surface area contributed by atoms with Gasteiger partial charge < -0.3 is 14.0 Å². The van der Waals surface area contributed by atoms with E-state index in [0.29, 0.717) is 17.1 Å². The minimum absolute atomic E-state index is 0.0941. The molecule has 10 nitrogen and oxygen atoms in total. The Bertz CT molecular complexity index is 1570. The number of aromatic nitrogens is 3. The summed E-state index contributed by atoms with van der Waals surface area (Å²) in [5, 5.41) is -0.836. The third-order valence-electron chi connectivity index (χ3n) is 5.62. The number of benzene rings is 1. The zero-order valence-corrected chi connectivity index (χ0v) is 22.6. The second kappa shape index (κ2) is 12.0. The molecule has 3 rings (SSSR count). The number of rotatable bonds is 12. The van der Waals surface area contributed by atoms with Crippen molar-refractivity contribution < 1.29 is 35.1 Å². The first kappa shape index (κ1) is 29.2. The first-order chi connectivity index (χ1) is 17.9. The highest BCUT2D eigenvalue weighted by Crippen LogP contribution is 2.28. The molecule has 14 heteroatoms. The highest BCUT2D eigenvalue weighted by Gasteiger charge is 2.24. The highest BCUT2D eigenvalue weighted by molar-refractivity contribution is 7.92. The van der Waals surface area contributed by atoms with E-state index < -0.39 is 48.3 Å². The van der Waals surface area contributed by atoms with Gasteiger partial charge in [-0.3, -0.25) is 4.79 Å². The molecule has 0 fully saturated rings. The lowest BCUT2D eigenvalue weighted by atomic mass is 10.1. The van der Waals surface area contributed by atoms with Crippen molar-refractivity contribution in [3.63, 3.8) is 0 Å². The Labute approximate surface area is 219 Å². The smallest absolute Gasteiger partial charge is 0.280 e. The molecule has 0 amide bonds. The minimum atomic E-state index is -4.27.